The van der Waals surface area contributed by atoms with E-state index in [1.54, 1.807) is 24.5 Å². The average Bonchev–Trinajstić information content (AvgIpc) is 3.21. The fourth-order valence-corrected chi connectivity index (χ4v) is 3.08. The van der Waals surface area contributed by atoms with Crippen molar-refractivity contribution >= 4 is 23.4 Å². The van der Waals surface area contributed by atoms with Gasteiger partial charge in [0.2, 0.25) is 12.7 Å². The van der Waals surface area contributed by atoms with Gasteiger partial charge in [0.1, 0.15) is 6.33 Å². The molecule has 0 spiro atoms. The minimum atomic E-state index is -0.0954. The van der Waals surface area contributed by atoms with Gasteiger partial charge in [-0.3, -0.25) is 4.79 Å². The van der Waals surface area contributed by atoms with Crippen LogP contribution in [0.1, 0.15) is 26.2 Å². The van der Waals surface area contributed by atoms with Gasteiger partial charge in [-0.25, -0.2) is 0 Å². The van der Waals surface area contributed by atoms with Crippen molar-refractivity contribution in [3.63, 3.8) is 0 Å². The molecule has 7 nitrogen and oxygen atoms in total. The number of benzene rings is 1. The largest absolute Gasteiger partial charge is 0.454 e. The van der Waals surface area contributed by atoms with Crippen molar-refractivity contribution in [1.29, 1.82) is 0 Å². The predicted molar refractivity (Wildman–Crippen MR) is 91.5 cm³/mol. The number of nitrogens with one attached hydrogen (secondary N) is 1. The normalized spacial score (nSPS) is 12.4. The summed E-state index contributed by atoms with van der Waals surface area (Å²) in [5.41, 5.74) is 0.689. The number of ether oxygens (including phenoxy) is 2. The summed E-state index contributed by atoms with van der Waals surface area (Å²) in [5, 5.41) is 11.6. The monoisotopic (exact) mass is 348 g/mol. The molecule has 1 N–H and O–H groups in total. The zero-order chi connectivity index (χ0) is 16.8. The number of nitrogens with zero attached hydrogens (tertiary/aromatic N) is 3. The van der Waals surface area contributed by atoms with E-state index < -0.39 is 0 Å². The molecule has 128 valence electrons. The molecule has 3 rings (SSSR count). The van der Waals surface area contributed by atoms with Crippen molar-refractivity contribution in [2.45, 2.75) is 37.9 Å². The van der Waals surface area contributed by atoms with Crippen LogP contribution < -0.4 is 14.8 Å². The molecule has 1 aromatic carbocycles. The molecule has 24 heavy (non-hydrogen) atoms. The van der Waals surface area contributed by atoms with Gasteiger partial charge < -0.3 is 19.4 Å². The molecule has 1 aliphatic heterocycles. The van der Waals surface area contributed by atoms with Crippen LogP contribution in [0, 0.1) is 0 Å². The second kappa shape index (κ2) is 8.05. The first-order valence-corrected chi connectivity index (χ1v) is 8.95. The van der Waals surface area contributed by atoms with Gasteiger partial charge in [-0.05, 0) is 18.6 Å². The summed E-state index contributed by atoms with van der Waals surface area (Å²) in [5.74, 6) is 1.53. The summed E-state index contributed by atoms with van der Waals surface area (Å²) < 4.78 is 12.5. The van der Waals surface area contributed by atoms with Gasteiger partial charge in [-0.15, -0.1) is 10.2 Å². The number of carbonyl (C=O) groups excluding carboxylic acids is 1. The van der Waals surface area contributed by atoms with Crippen LogP contribution in [0.5, 0.6) is 11.5 Å². The first-order valence-electron chi connectivity index (χ1n) is 7.96. The Morgan fingerprint density at radius 2 is 2.21 bits per heavy atom. The number of carbonyl (C=O) groups is 1. The number of hydrogen-bond donors (Lipinski definition) is 1. The van der Waals surface area contributed by atoms with E-state index in [1.807, 2.05) is 4.57 Å². The molecule has 0 saturated carbocycles. The number of rotatable bonds is 8. The molecular weight excluding hydrogens is 328 g/mol. The molecule has 8 heteroatoms. The maximum atomic E-state index is 12.1. The molecule has 1 aliphatic rings. The summed E-state index contributed by atoms with van der Waals surface area (Å²) in [6.07, 6.45) is 5.15. The molecule has 2 heterocycles. The second-order valence-corrected chi connectivity index (χ2v) is 6.36. The molecule has 0 aliphatic carbocycles. The zero-order valence-corrected chi connectivity index (χ0v) is 14.3. The predicted octanol–water partition coefficient (Wildman–Crippen LogP) is 2.93. The van der Waals surface area contributed by atoms with Crippen LogP contribution in [0.25, 0.3) is 0 Å². The Morgan fingerprint density at radius 1 is 1.33 bits per heavy atom. The molecule has 2 aromatic rings. The highest BCUT2D eigenvalue weighted by atomic mass is 32.2. The summed E-state index contributed by atoms with van der Waals surface area (Å²) >= 11 is 1.39. The number of anilines is 1. The van der Waals surface area contributed by atoms with Gasteiger partial charge in [-0.1, -0.05) is 31.5 Å². The molecule has 0 saturated heterocycles. The summed E-state index contributed by atoms with van der Waals surface area (Å²) in [7, 11) is 0. The first kappa shape index (κ1) is 16.6. The van der Waals surface area contributed by atoms with E-state index >= 15 is 0 Å². The van der Waals surface area contributed by atoms with Gasteiger partial charge >= 0.3 is 0 Å². The third-order valence-electron chi connectivity index (χ3n) is 3.57. The third-order valence-corrected chi connectivity index (χ3v) is 4.55. The highest BCUT2D eigenvalue weighted by molar-refractivity contribution is 7.99. The summed E-state index contributed by atoms with van der Waals surface area (Å²) in [6.45, 7) is 3.27. The molecule has 0 fully saturated rings. The summed E-state index contributed by atoms with van der Waals surface area (Å²) in [4.78, 5) is 12.1. The van der Waals surface area contributed by atoms with Gasteiger partial charge in [0.15, 0.2) is 16.7 Å². The maximum Gasteiger partial charge on any atom is 0.234 e. The van der Waals surface area contributed by atoms with Crippen LogP contribution in [-0.2, 0) is 11.3 Å². The van der Waals surface area contributed by atoms with E-state index in [-0.39, 0.29) is 18.5 Å². The molecule has 0 radical (unpaired) electrons. The van der Waals surface area contributed by atoms with Crippen LogP contribution >= 0.6 is 11.8 Å². The Hall–Kier alpha value is -2.22. The zero-order valence-electron chi connectivity index (χ0n) is 13.5. The Morgan fingerprint density at radius 3 is 3.08 bits per heavy atom. The Labute approximate surface area is 144 Å². The lowest BCUT2D eigenvalue weighted by molar-refractivity contribution is -0.113. The number of fused-ring (bicyclic) bond motifs is 1. The number of aromatic nitrogens is 3. The van der Waals surface area contributed by atoms with Gasteiger partial charge in [0.25, 0.3) is 0 Å². The quantitative estimate of drug-likeness (QED) is 0.584. The third kappa shape index (κ3) is 4.19. The molecule has 0 unspecified atom stereocenters. The Balaban J connectivity index is 1.50. The van der Waals surface area contributed by atoms with Crippen molar-refractivity contribution < 1.29 is 14.3 Å². The van der Waals surface area contributed by atoms with E-state index in [0.717, 1.165) is 18.1 Å². The number of thioether (sulfide) groups is 1. The van der Waals surface area contributed by atoms with Gasteiger partial charge in [0.05, 0.1) is 5.75 Å². The Bertz CT molecular complexity index is 704. The van der Waals surface area contributed by atoms with E-state index in [2.05, 4.69) is 22.4 Å². The molecule has 1 aromatic heterocycles. The molecule has 1 amide bonds. The SMILES string of the molecule is CCCCCn1cnnc1SCC(=O)Nc1ccc2c(c1)OCO2. The number of unbranched alkanes of at least 4 members (excludes halogenated alkanes) is 2. The van der Waals surface area contributed by atoms with Crippen molar-refractivity contribution in [3.05, 3.63) is 24.5 Å². The smallest absolute Gasteiger partial charge is 0.234 e. The lowest BCUT2D eigenvalue weighted by atomic mass is 10.2. The van der Waals surface area contributed by atoms with Crippen LogP contribution in [0.4, 0.5) is 5.69 Å². The van der Waals surface area contributed by atoms with Gasteiger partial charge in [0, 0.05) is 18.3 Å². The minimum Gasteiger partial charge on any atom is -0.454 e. The number of aryl methyl sites for hydroxylation is 1. The van der Waals surface area contributed by atoms with Crippen molar-refractivity contribution in [2.24, 2.45) is 0 Å². The van der Waals surface area contributed by atoms with Crippen molar-refractivity contribution in [3.8, 4) is 11.5 Å². The number of amides is 1. The fraction of sp³-hybridized carbons (Fsp3) is 0.438. The molecule has 0 atom stereocenters. The molecular formula is C16H20N4O3S. The minimum absolute atomic E-state index is 0.0954. The molecule has 0 bridgehead atoms. The van der Waals surface area contributed by atoms with E-state index in [4.69, 9.17) is 9.47 Å². The van der Waals surface area contributed by atoms with Crippen LogP contribution in [0.15, 0.2) is 29.7 Å². The summed E-state index contributed by atoms with van der Waals surface area (Å²) in [6, 6.07) is 5.34. The van der Waals surface area contributed by atoms with Crippen LogP contribution in [-0.4, -0.2) is 33.2 Å². The van der Waals surface area contributed by atoms with Crippen molar-refractivity contribution in [1.82, 2.24) is 14.8 Å². The fourth-order valence-electron chi connectivity index (χ4n) is 2.34. The number of hydrogen-bond acceptors (Lipinski definition) is 6. The van der Waals surface area contributed by atoms with Gasteiger partial charge in [-0.2, -0.15) is 0 Å². The van der Waals surface area contributed by atoms with E-state index in [9.17, 15) is 4.79 Å². The van der Waals surface area contributed by atoms with E-state index in [0.29, 0.717) is 17.2 Å². The topological polar surface area (TPSA) is 78.3 Å². The van der Waals surface area contributed by atoms with Crippen molar-refractivity contribution in [2.75, 3.05) is 17.9 Å². The maximum absolute atomic E-state index is 12.1. The van der Waals surface area contributed by atoms with Crippen LogP contribution in [0.3, 0.4) is 0 Å². The lowest BCUT2D eigenvalue weighted by Gasteiger charge is -2.07. The lowest BCUT2D eigenvalue weighted by Crippen LogP contribution is -2.14. The second-order valence-electron chi connectivity index (χ2n) is 5.42. The standard InChI is InChI=1S/C16H20N4O3S/c1-2-3-4-7-20-10-17-19-16(20)24-9-15(21)18-12-5-6-13-14(8-12)23-11-22-13/h5-6,8,10H,2-4,7,9,11H2,1H3,(H,18,21). The Kier molecular flexibility index (Phi) is 5.58. The highest BCUT2D eigenvalue weighted by Gasteiger charge is 2.14. The highest BCUT2D eigenvalue weighted by Crippen LogP contribution is 2.34. The van der Waals surface area contributed by atoms with E-state index in [1.165, 1.54) is 24.6 Å². The average molecular weight is 348 g/mol. The van der Waals surface area contributed by atoms with Crippen LogP contribution in [0.2, 0.25) is 0 Å². The first-order chi connectivity index (χ1) is 11.8.